The summed E-state index contributed by atoms with van der Waals surface area (Å²) in [5.41, 5.74) is 8.10. The first-order valence-electron chi connectivity index (χ1n) is 14.2. The fourth-order valence-corrected chi connectivity index (χ4v) is 9.39. The second-order valence-electron chi connectivity index (χ2n) is 11.5. The van der Waals surface area contributed by atoms with Crippen molar-refractivity contribution < 1.29 is 0 Å². The molecule has 7 aromatic rings. The molecule has 0 atom stereocenters. The maximum absolute atomic E-state index is 5.43. The van der Waals surface area contributed by atoms with E-state index >= 15 is 0 Å². The Bertz CT molecular complexity index is 2120. The number of hydrogen-bond donors (Lipinski definition) is 0. The van der Waals surface area contributed by atoms with Crippen molar-refractivity contribution in [3.8, 4) is 44.9 Å². The van der Waals surface area contributed by atoms with Crippen molar-refractivity contribution in [2.24, 2.45) is 0 Å². The Labute approximate surface area is 241 Å². The van der Waals surface area contributed by atoms with Crippen LogP contribution in [0.25, 0.3) is 66.4 Å². The minimum Gasteiger partial charge on any atom is -0.237 e. The van der Waals surface area contributed by atoms with Crippen LogP contribution < -0.4 is 10.5 Å². The van der Waals surface area contributed by atoms with Gasteiger partial charge in [-0.05, 0) is 55.6 Å². The molecule has 1 aliphatic rings. The minimum absolute atomic E-state index is 0.794. The lowest BCUT2D eigenvalue weighted by Crippen LogP contribution is -2.51. The number of aromatic nitrogens is 2. The summed E-state index contributed by atoms with van der Waals surface area (Å²) in [6.45, 7) is 4.88. The van der Waals surface area contributed by atoms with Crippen LogP contribution in [-0.4, -0.2) is 18.0 Å². The largest absolute Gasteiger partial charge is 0.237 e. The van der Waals surface area contributed by atoms with E-state index in [1.54, 1.807) is 0 Å². The van der Waals surface area contributed by atoms with Crippen molar-refractivity contribution >= 4 is 40.1 Å². The van der Waals surface area contributed by atoms with E-state index in [2.05, 4.69) is 147 Å². The van der Waals surface area contributed by atoms with Crippen LogP contribution in [0.3, 0.4) is 0 Å². The third kappa shape index (κ3) is 3.77. The highest BCUT2D eigenvalue weighted by molar-refractivity contribution is 7.03. The van der Waals surface area contributed by atoms with E-state index in [0.717, 1.165) is 22.6 Å². The van der Waals surface area contributed by atoms with Crippen molar-refractivity contribution in [1.29, 1.82) is 0 Å². The standard InChI is InChI=1S/C38H28N2Si/c1-41(2)34-24-29-16-7-6-15-28(29)23-33(34)35-36(32-21-11-17-26-14-8-9-20-31(26)32)39-37(40-38(35)41)30-19-10-18-27(22-30)25-12-4-3-5-13-25/h3-24H,1-2H3. The Balaban J connectivity index is 1.44. The van der Waals surface area contributed by atoms with Gasteiger partial charge in [0.15, 0.2) is 5.82 Å². The smallest absolute Gasteiger partial charge is 0.159 e. The third-order valence-corrected chi connectivity index (χ3v) is 11.9. The highest BCUT2D eigenvalue weighted by Crippen LogP contribution is 2.40. The monoisotopic (exact) mass is 540 g/mol. The molecule has 0 spiro atoms. The second-order valence-corrected chi connectivity index (χ2v) is 15.7. The quantitative estimate of drug-likeness (QED) is 0.210. The SMILES string of the molecule is C[Si]1(C)c2cc3ccccc3cc2-c2c(-c3cccc4ccccc34)nc(-c3cccc(-c4ccccc4)c3)nc21. The number of nitrogens with zero attached hydrogens (tertiary/aromatic N) is 2. The van der Waals surface area contributed by atoms with E-state index in [4.69, 9.17) is 9.97 Å². The van der Waals surface area contributed by atoms with Crippen LogP contribution in [0.5, 0.6) is 0 Å². The van der Waals surface area contributed by atoms with Crippen LogP contribution in [-0.2, 0) is 0 Å². The van der Waals surface area contributed by atoms with E-state index in [0.29, 0.717) is 0 Å². The van der Waals surface area contributed by atoms with Gasteiger partial charge in [-0.3, -0.25) is 0 Å². The Morgan fingerprint density at radius 3 is 1.95 bits per heavy atom. The zero-order valence-electron chi connectivity index (χ0n) is 23.1. The zero-order valence-corrected chi connectivity index (χ0v) is 24.1. The predicted molar refractivity (Wildman–Crippen MR) is 176 cm³/mol. The summed E-state index contributed by atoms with van der Waals surface area (Å²) in [7, 11) is -2.12. The van der Waals surface area contributed by atoms with Gasteiger partial charge >= 0.3 is 0 Å². The highest BCUT2D eigenvalue weighted by Gasteiger charge is 2.42. The molecule has 0 radical (unpaired) electrons. The first kappa shape index (κ1) is 24.0. The Kier molecular flexibility index (Phi) is 5.31. The van der Waals surface area contributed by atoms with E-state index in [-0.39, 0.29) is 0 Å². The molecule has 2 nitrogen and oxygen atoms in total. The Hall–Kier alpha value is -4.86. The Morgan fingerprint density at radius 1 is 0.488 bits per heavy atom. The van der Waals surface area contributed by atoms with Crippen molar-refractivity contribution in [2.45, 2.75) is 13.1 Å². The van der Waals surface area contributed by atoms with Gasteiger partial charge in [-0.15, -0.1) is 0 Å². The fourth-order valence-electron chi connectivity index (χ4n) is 6.48. The molecular formula is C38H28N2Si. The molecule has 0 bridgehead atoms. The molecule has 0 aliphatic carbocycles. The van der Waals surface area contributed by atoms with Crippen LogP contribution in [0.4, 0.5) is 0 Å². The molecule has 8 rings (SSSR count). The van der Waals surface area contributed by atoms with Crippen molar-refractivity contribution in [1.82, 2.24) is 9.97 Å². The Morgan fingerprint density at radius 2 is 1.12 bits per heavy atom. The van der Waals surface area contributed by atoms with Gasteiger partial charge in [-0.25, -0.2) is 9.97 Å². The molecule has 194 valence electrons. The van der Waals surface area contributed by atoms with Crippen LogP contribution in [0.15, 0.2) is 133 Å². The molecule has 6 aromatic carbocycles. The predicted octanol–water partition coefficient (Wildman–Crippen LogP) is 8.59. The molecule has 1 aromatic heterocycles. The first-order chi connectivity index (χ1) is 20.1. The van der Waals surface area contributed by atoms with E-state index < -0.39 is 8.07 Å². The molecule has 0 unspecified atom stereocenters. The van der Waals surface area contributed by atoms with Gasteiger partial charge in [-0.2, -0.15) is 0 Å². The fraction of sp³-hybridized carbons (Fsp3) is 0.0526. The maximum atomic E-state index is 5.43. The topological polar surface area (TPSA) is 25.8 Å². The van der Waals surface area contributed by atoms with E-state index in [9.17, 15) is 0 Å². The second kappa shape index (κ2) is 9.08. The zero-order chi connectivity index (χ0) is 27.6. The van der Waals surface area contributed by atoms with Crippen LogP contribution in [0.1, 0.15) is 0 Å². The molecule has 0 N–H and O–H groups in total. The molecular weight excluding hydrogens is 513 g/mol. The van der Waals surface area contributed by atoms with Gasteiger partial charge < -0.3 is 0 Å². The summed E-state index contributed by atoms with van der Waals surface area (Å²) in [6, 6.07) is 47.9. The minimum atomic E-state index is -2.12. The van der Waals surface area contributed by atoms with Crippen LogP contribution in [0, 0.1) is 0 Å². The summed E-state index contributed by atoms with van der Waals surface area (Å²) in [5.74, 6) is 0.794. The van der Waals surface area contributed by atoms with Crippen molar-refractivity contribution in [2.75, 3.05) is 0 Å². The summed E-state index contributed by atoms with van der Waals surface area (Å²) < 4.78 is 0. The summed E-state index contributed by atoms with van der Waals surface area (Å²) >= 11 is 0. The van der Waals surface area contributed by atoms with Gasteiger partial charge in [0.2, 0.25) is 0 Å². The van der Waals surface area contributed by atoms with Crippen molar-refractivity contribution in [3.63, 3.8) is 0 Å². The van der Waals surface area contributed by atoms with Gasteiger partial charge in [-0.1, -0.05) is 134 Å². The van der Waals surface area contributed by atoms with Gasteiger partial charge in [0.1, 0.15) is 8.07 Å². The molecule has 41 heavy (non-hydrogen) atoms. The van der Waals surface area contributed by atoms with Crippen LogP contribution in [0.2, 0.25) is 13.1 Å². The molecule has 0 fully saturated rings. The number of benzene rings is 6. The first-order valence-corrected chi connectivity index (χ1v) is 17.2. The average Bonchev–Trinajstić information content (AvgIpc) is 3.25. The summed E-state index contributed by atoms with van der Waals surface area (Å²) in [5, 5.41) is 7.65. The lowest BCUT2D eigenvalue weighted by molar-refractivity contribution is 1.21. The van der Waals surface area contributed by atoms with Crippen molar-refractivity contribution in [3.05, 3.63) is 133 Å². The maximum Gasteiger partial charge on any atom is 0.159 e. The number of fused-ring (bicyclic) bond motifs is 5. The summed E-state index contributed by atoms with van der Waals surface area (Å²) in [4.78, 5) is 10.9. The molecule has 1 aliphatic heterocycles. The highest BCUT2D eigenvalue weighted by atomic mass is 28.3. The third-order valence-electron chi connectivity index (χ3n) is 8.60. The molecule has 0 saturated heterocycles. The van der Waals surface area contributed by atoms with E-state index in [1.807, 2.05) is 0 Å². The lowest BCUT2D eigenvalue weighted by atomic mass is 9.95. The summed E-state index contributed by atoms with van der Waals surface area (Å²) in [6.07, 6.45) is 0. The molecule has 0 saturated carbocycles. The number of hydrogen-bond acceptors (Lipinski definition) is 2. The van der Waals surface area contributed by atoms with Gasteiger partial charge in [0, 0.05) is 22.0 Å². The lowest BCUT2D eigenvalue weighted by Gasteiger charge is -2.19. The molecule has 2 heterocycles. The normalized spacial score (nSPS) is 13.3. The van der Waals surface area contributed by atoms with E-state index in [1.165, 1.54) is 54.3 Å². The van der Waals surface area contributed by atoms with Gasteiger partial charge in [0.05, 0.1) is 5.69 Å². The molecule has 3 heteroatoms. The molecule has 0 amide bonds. The average molecular weight is 541 g/mol. The number of rotatable bonds is 3. The van der Waals surface area contributed by atoms with Crippen LogP contribution >= 0.6 is 0 Å². The van der Waals surface area contributed by atoms with Gasteiger partial charge in [0.25, 0.3) is 0 Å².